The van der Waals surface area contributed by atoms with Gasteiger partial charge in [0.1, 0.15) is 11.9 Å². The van der Waals surface area contributed by atoms with Gasteiger partial charge in [0.2, 0.25) is 0 Å². The van der Waals surface area contributed by atoms with Crippen molar-refractivity contribution < 1.29 is 68.1 Å². The number of benzene rings is 2. The number of alkyl halides is 9. The maximum atomic E-state index is 14.5. The molecule has 2 aromatic carbocycles. The normalized spacial score (nSPS) is 19.6. The Hall–Kier alpha value is -4.44. The Kier molecular flexibility index (Phi) is 11.0. The second-order valence-electron chi connectivity index (χ2n) is 14.5. The first kappa shape index (κ1) is 41.3. The number of hydrogen-bond donors (Lipinski definition) is 0. The topological polar surface area (TPSA) is 85.4 Å². The second kappa shape index (κ2) is 14.1. The molecule has 2 atom stereocenters. The summed E-state index contributed by atoms with van der Waals surface area (Å²) in [5, 5.41) is 0. The number of likely N-dealkylation sites (N-methyl/N-ethyl adjacent to an activating group) is 1. The van der Waals surface area contributed by atoms with Crippen molar-refractivity contribution in [3.05, 3.63) is 63.7 Å². The zero-order chi connectivity index (χ0) is 40.2. The number of cyclic esters (lactones) is 1. The lowest BCUT2D eigenvalue weighted by atomic mass is 9.72. The van der Waals surface area contributed by atoms with E-state index in [4.69, 9.17) is 14.2 Å². The summed E-state index contributed by atoms with van der Waals surface area (Å²) in [6.07, 6.45) is -16.8. The first-order valence-electron chi connectivity index (χ1n) is 16.3. The maximum absolute atomic E-state index is 14.5. The van der Waals surface area contributed by atoms with Gasteiger partial charge in [0.25, 0.3) is 5.91 Å². The predicted molar refractivity (Wildman–Crippen MR) is 174 cm³/mol. The van der Waals surface area contributed by atoms with Crippen LogP contribution in [0.25, 0.3) is 5.57 Å². The van der Waals surface area contributed by atoms with E-state index >= 15 is 0 Å². The molecule has 4 rings (SSSR count). The number of anilines is 1. The number of carbonyl (C=O) groups is 3. The van der Waals surface area contributed by atoms with Crippen molar-refractivity contribution in [1.29, 1.82) is 0 Å². The summed E-state index contributed by atoms with van der Waals surface area (Å²) >= 11 is 0. The van der Waals surface area contributed by atoms with Crippen LogP contribution in [-0.4, -0.2) is 55.2 Å². The number of allylic oxidation sites excluding steroid dienone is 1. The first-order chi connectivity index (χ1) is 24.1. The van der Waals surface area contributed by atoms with E-state index in [9.17, 15) is 53.9 Å². The fourth-order valence-corrected chi connectivity index (χ4v) is 6.79. The van der Waals surface area contributed by atoms with Gasteiger partial charge in [-0.15, -0.1) is 0 Å². The van der Waals surface area contributed by atoms with Crippen LogP contribution in [0.15, 0.2) is 35.9 Å². The van der Waals surface area contributed by atoms with E-state index in [0.29, 0.717) is 29.7 Å². The number of halogens is 9. The van der Waals surface area contributed by atoms with E-state index in [-0.39, 0.29) is 36.8 Å². The fourth-order valence-electron chi connectivity index (χ4n) is 6.79. The maximum Gasteiger partial charge on any atom is 0.418 e. The Bertz CT molecular complexity index is 1780. The van der Waals surface area contributed by atoms with Gasteiger partial charge in [-0.25, -0.2) is 4.79 Å². The molecule has 2 amide bonds. The van der Waals surface area contributed by atoms with Crippen LogP contribution in [0.2, 0.25) is 0 Å². The van der Waals surface area contributed by atoms with Gasteiger partial charge in [-0.05, 0) is 92.5 Å². The molecule has 292 valence electrons. The molecule has 0 N–H and O–H groups in total. The molecule has 0 saturated carbocycles. The van der Waals surface area contributed by atoms with Crippen LogP contribution >= 0.6 is 0 Å². The highest BCUT2D eigenvalue weighted by Gasteiger charge is 2.45. The summed E-state index contributed by atoms with van der Waals surface area (Å²) < 4.78 is 141. The molecule has 1 aliphatic carbocycles. The molecule has 8 nitrogen and oxygen atoms in total. The van der Waals surface area contributed by atoms with E-state index in [1.54, 1.807) is 0 Å². The number of ether oxygens (including phenoxy) is 3. The Morgan fingerprint density at radius 2 is 1.51 bits per heavy atom. The number of rotatable bonds is 8. The molecule has 0 unspecified atom stereocenters. The van der Waals surface area contributed by atoms with Crippen LogP contribution in [0.1, 0.15) is 94.7 Å². The van der Waals surface area contributed by atoms with Gasteiger partial charge in [0.05, 0.1) is 35.5 Å². The largest absolute Gasteiger partial charge is 0.496 e. The quantitative estimate of drug-likeness (QED) is 0.197. The minimum atomic E-state index is -5.14. The van der Waals surface area contributed by atoms with Crippen molar-refractivity contribution in [3.63, 3.8) is 0 Å². The van der Waals surface area contributed by atoms with Crippen molar-refractivity contribution in [2.75, 3.05) is 25.6 Å². The highest BCUT2D eigenvalue weighted by Crippen LogP contribution is 2.49. The zero-order valence-electron chi connectivity index (χ0n) is 30.1. The molecule has 17 heteroatoms. The third-order valence-corrected chi connectivity index (χ3v) is 9.39. The van der Waals surface area contributed by atoms with E-state index in [2.05, 4.69) is 0 Å². The van der Waals surface area contributed by atoms with E-state index < -0.39 is 87.6 Å². The lowest BCUT2D eigenvalue weighted by Crippen LogP contribution is -2.46. The molecule has 0 spiro atoms. The van der Waals surface area contributed by atoms with Gasteiger partial charge in [-0.1, -0.05) is 13.8 Å². The minimum Gasteiger partial charge on any atom is -0.496 e. The van der Waals surface area contributed by atoms with Crippen molar-refractivity contribution >= 4 is 29.2 Å². The Balaban J connectivity index is 1.85. The summed E-state index contributed by atoms with van der Waals surface area (Å²) in [5.74, 6) is -2.03. The number of amides is 2. The molecule has 2 aliphatic rings. The highest BCUT2D eigenvalue weighted by atomic mass is 19.4. The van der Waals surface area contributed by atoms with Gasteiger partial charge in [0, 0.05) is 26.1 Å². The van der Waals surface area contributed by atoms with Gasteiger partial charge in [-0.3, -0.25) is 14.5 Å². The molecule has 1 aliphatic heterocycles. The molecule has 1 fully saturated rings. The molecular weight excluding hydrogens is 727 g/mol. The molecule has 0 bridgehead atoms. The zero-order valence-corrected chi connectivity index (χ0v) is 30.1. The monoisotopic (exact) mass is 766 g/mol. The van der Waals surface area contributed by atoms with Crippen LogP contribution < -0.4 is 9.64 Å². The smallest absolute Gasteiger partial charge is 0.418 e. The van der Waals surface area contributed by atoms with Crippen LogP contribution in [0, 0.1) is 5.41 Å². The predicted octanol–water partition coefficient (Wildman–Crippen LogP) is 9.60. The summed E-state index contributed by atoms with van der Waals surface area (Å²) in [5.41, 5.74) is -6.63. The van der Waals surface area contributed by atoms with Crippen molar-refractivity contribution in [2.24, 2.45) is 5.41 Å². The van der Waals surface area contributed by atoms with E-state index in [1.807, 2.05) is 13.8 Å². The molecule has 53 heavy (non-hydrogen) atoms. The van der Waals surface area contributed by atoms with Crippen molar-refractivity contribution in [3.8, 4) is 5.75 Å². The Labute approximate surface area is 299 Å². The molecule has 2 aromatic rings. The van der Waals surface area contributed by atoms with Gasteiger partial charge in [0.15, 0.2) is 5.60 Å². The molecule has 0 aromatic heterocycles. The van der Waals surface area contributed by atoms with Gasteiger partial charge < -0.3 is 19.1 Å². The van der Waals surface area contributed by atoms with Crippen LogP contribution in [-0.2, 0) is 37.6 Å². The molecule has 1 saturated heterocycles. The van der Waals surface area contributed by atoms with Crippen LogP contribution in [0.5, 0.6) is 5.75 Å². The SMILES string of the molecule is COc1cc(C(F)(F)F)c(N(C)C(=O)C(C)(C)OC(C)=O)cc1C1=C(CN2C(=O)O[C@H](c3cc(C(F)(F)F)cc(C(F)(F)F)c3)[C@@H]2C)CC(C)(C)CC1. The lowest BCUT2D eigenvalue weighted by Gasteiger charge is -2.36. The highest BCUT2D eigenvalue weighted by molar-refractivity contribution is 6.01. The third kappa shape index (κ3) is 8.86. The number of carbonyl (C=O) groups excluding carboxylic acids is 3. The molecule has 0 radical (unpaired) electrons. The molecular formula is C36H39F9N2O6. The third-order valence-electron chi connectivity index (χ3n) is 9.39. The fraction of sp³-hybridized carbons (Fsp3) is 0.528. The average molecular weight is 767 g/mol. The van der Waals surface area contributed by atoms with Gasteiger partial charge in [-0.2, -0.15) is 39.5 Å². The van der Waals surface area contributed by atoms with Crippen molar-refractivity contribution in [2.45, 2.75) is 97.1 Å². The summed E-state index contributed by atoms with van der Waals surface area (Å²) in [4.78, 5) is 40.2. The average Bonchev–Trinajstić information content (AvgIpc) is 3.29. The van der Waals surface area contributed by atoms with Crippen molar-refractivity contribution in [1.82, 2.24) is 4.90 Å². The van der Waals surface area contributed by atoms with Crippen LogP contribution in [0.4, 0.5) is 50.0 Å². The number of methoxy groups -OCH3 is 1. The standard InChI is InChI=1S/C36H39F9N2O6/c1-18-29(20-11-22(34(37,38)39)13-23(12-20)35(40,41)42)52-31(50)47(18)17-21-16-32(3,4)10-9-24(21)25-14-27(26(36(43,44)45)15-28(25)51-8)46(7)30(49)33(5,6)53-19(2)48/h11-15,18,29H,9-10,16-17H2,1-8H3/t18-,29-/m0/s1. The second-order valence-corrected chi connectivity index (χ2v) is 14.5. The number of hydrogen-bond acceptors (Lipinski definition) is 6. The molecule has 1 heterocycles. The van der Waals surface area contributed by atoms with E-state index in [1.165, 1.54) is 20.8 Å². The summed E-state index contributed by atoms with van der Waals surface area (Å²) in [6, 6.07) is 1.73. The van der Waals surface area contributed by atoms with E-state index in [0.717, 1.165) is 43.0 Å². The minimum absolute atomic E-state index is 0.0298. The van der Waals surface area contributed by atoms with Crippen LogP contribution in [0.3, 0.4) is 0 Å². The number of nitrogens with zero attached hydrogens (tertiary/aromatic N) is 2. The Morgan fingerprint density at radius 1 is 0.943 bits per heavy atom. The van der Waals surface area contributed by atoms with Gasteiger partial charge >= 0.3 is 30.6 Å². The number of esters is 1. The lowest BCUT2D eigenvalue weighted by molar-refractivity contribution is -0.161. The first-order valence-corrected chi connectivity index (χ1v) is 16.3. The Morgan fingerprint density at radius 3 is 2.00 bits per heavy atom. The summed E-state index contributed by atoms with van der Waals surface area (Å²) in [7, 11) is 2.24. The summed E-state index contributed by atoms with van der Waals surface area (Å²) in [6.45, 7) is 8.48.